The number of thioether (sulfide) groups is 1. The lowest BCUT2D eigenvalue weighted by atomic mass is 10.4. The van der Waals surface area contributed by atoms with Crippen LogP contribution in [0.15, 0.2) is 0 Å². The third-order valence-electron chi connectivity index (χ3n) is 2.69. The smallest absolute Gasteiger partial charge is 0.380 e. The second-order valence-corrected chi connectivity index (χ2v) is 7.54. The van der Waals surface area contributed by atoms with E-state index in [2.05, 4.69) is 0 Å². The van der Waals surface area contributed by atoms with Gasteiger partial charge in [-0.3, -0.25) is 0 Å². The predicted octanol–water partition coefficient (Wildman–Crippen LogP) is 2.07. The van der Waals surface area contributed by atoms with Crippen LogP contribution in [-0.2, 0) is 14.8 Å². The first-order valence-electron chi connectivity index (χ1n) is 6.04. The Balaban J connectivity index is 2.52. The molecule has 1 unspecified atom stereocenters. The molecule has 1 aliphatic rings. The molecule has 0 bridgehead atoms. The van der Waals surface area contributed by atoms with Crippen LogP contribution >= 0.6 is 11.8 Å². The molecule has 9 heteroatoms. The summed E-state index contributed by atoms with van der Waals surface area (Å²) in [7, 11) is -5.21. The quantitative estimate of drug-likeness (QED) is 0.720. The third kappa shape index (κ3) is 4.80. The van der Waals surface area contributed by atoms with Crippen molar-refractivity contribution in [2.24, 2.45) is 0 Å². The Kier molecular flexibility index (Phi) is 6.41. The highest BCUT2D eigenvalue weighted by Gasteiger charge is 2.49. The highest BCUT2D eigenvalue weighted by molar-refractivity contribution is 8.00. The van der Waals surface area contributed by atoms with E-state index in [1.54, 1.807) is 6.92 Å². The van der Waals surface area contributed by atoms with Crippen molar-refractivity contribution in [3.05, 3.63) is 0 Å². The van der Waals surface area contributed by atoms with E-state index >= 15 is 0 Å². The number of alkyl halides is 3. The van der Waals surface area contributed by atoms with E-state index in [4.69, 9.17) is 4.74 Å². The van der Waals surface area contributed by atoms with Crippen molar-refractivity contribution >= 4 is 21.8 Å². The fourth-order valence-electron chi connectivity index (χ4n) is 1.71. The molecule has 1 aliphatic heterocycles. The first kappa shape index (κ1) is 17.1. The standard InChI is InChI=1S/C10H18F3NO3S2/c1-2-4-14(19(15,16)10(11,12)13)5-7-18-9-3-6-17-8-9/h9H,2-8H2,1H3. The minimum Gasteiger partial charge on any atom is -0.380 e. The van der Waals surface area contributed by atoms with E-state index < -0.39 is 15.5 Å². The number of halogens is 3. The Morgan fingerprint density at radius 1 is 1.37 bits per heavy atom. The zero-order valence-corrected chi connectivity index (χ0v) is 12.3. The molecule has 1 saturated heterocycles. The van der Waals surface area contributed by atoms with Gasteiger partial charge in [0.05, 0.1) is 6.61 Å². The van der Waals surface area contributed by atoms with Crippen LogP contribution in [0.4, 0.5) is 13.2 Å². The van der Waals surface area contributed by atoms with E-state index in [-0.39, 0.29) is 18.3 Å². The van der Waals surface area contributed by atoms with Crippen molar-refractivity contribution in [3.8, 4) is 0 Å². The molecule has 0 amide bonds. The van der Waals surface area contributed by atoms with Crippen molar-refractivity contribution in [2.45, 2.75) is 30.5 Å². The Morgan fingerprint density at radius 3 is 2.53 bits per heavy atom. The number of rotatable bonds is 7. The summed E-state index contributed by atoms with van der Waals surface area (Å²) in [6.07, 6.45) is 1.22. The molecule has 4 nitrogen and oxygen atoms in total. The number of ether oxygens (including phenoxy) is 1. The van der Waals surface area contributed by atoms with E-state index in [0.717, 1.165) is 6.42 Å². The lowest BCUT2D eigenvalue weighted by Crippen LogP contribution is -2.42. The Morgan fingerprint density at radius 2 is 2.05 bits per heavy atom. The summed E-state index contributed by atoms with van der Waals surface area (Å²) in [6.45, 7) is 2.68. The lowest BCUT2D eigenvalue weighted by Gasteiger charge is -2.23. The van der Waals surface area contributed by atoms with Crippen LogP contribution in [0, 0.1) is 0 Å². The zero-order chi connectivity index (χ0) is 14.5. The highest BCUT2D eigenvalue weighted by Crippen LogP contribution is 2.28. The molecule has 0 aromatic carbocycles. The second kappa shape index (κ2) is 7.14. The summed E-state index contributed by atoms with van der Waals surface area (Å²) in [5.41, 5.74) is -5.22. The van der Waals surface area contributed by atoms with Crippen LogP contribution in [0.2, 0.25) is 0 Å². The van der Waals surface area contributed by atoms with Gasteiger partial charge in [-0.15, -0.1) is 0 Å². The number of hydrogen-bond donors (Lipinski definition) is 0. The molecule has 0 saturated carbocycles. The van der Waals surface area contributed by atoms with Gasteiger partial charge >= 0.3 is 15.5 Å². The van der Waals surface area contributed by atoms with Crippen LogP contribution < -0.4 is 0 Å². The van der Waals surface area contributed by atoms with E-state index in [1.165, 1.54) is 11.8 Å². The maximum absolute atomic E-state index is 12.5. The fourth-order valence-corrected chi connectivity index (χ4v) is 3.99. The summed E-state index contributed by atoms with van der Waals surface area (Å²) >= 11 is 1.47. The van der Waals surface area contributed by atoms with Crippen LogP contribution in [0.3, 0.4) is 0 Å². The molecule has 0 aromatic rings. The average molecular weight is 321 g/mol. The molecule has 0 spiro atoms. The maximum Gasteiger partial charge on any atom is 0.511 e. The average Bonchev–Trinajstić information content (AvgIpc) is 2.79. The molecule has 1 rings (SSSR count). The summed E-state index contributed by atoms with van der Waals surface area (Å²) in [4.78, 5) is 0. The van der Waals surface area contributed by atoms with E-state index in [9.17, 15) is 21.6 Å². The van der Waals surface area contributed by atoms with E-state index in [1.807, 2.05) is 0 Å². The van der Waals surface area contributed by atoms with Crippen molar-refractivity contribution in [2.75, 3.05) is 32.1 Å². The van der Waals surface area contributed by atoms with Crippen LogP contribution in [0.25, 0.3) is 0 Å². The second-order valence-electron chi connectivity index (χ2n) is 4.21. The molecule has 0 N–H and O–H groups in total. The van der Waals surface area contributed by atoms with Crippen LogP contribution in [0.5, 0.6) is 0 Å². The molecule has 1 heterocycles. The van der Waals surface area contributed by atoms with Gasteiger partial charge in [0.2, 0.25) is 0 Å². The first-order valence-corrected chi connectivity index (χ1v) is 8.53. The largest absolute Gasteiger partial charge is 0.511 e. The molecular formula is C10H18F3NO3S2. The molecule has 0 radical (unpaired) electrons. The normalized spacial score (nSPS) is 21.2. The minimum atomic E-state index is -5.22. The third-order valence-corrected chi connectivity index (χ3v) is 5.58. The SMILES string of the molecule is CCCN(CCSC1CCOC1)S(=O)(=O)C(F)(F)F. The van der Waals surface area contributed by atoms with E-state index in [0.29, 0.717) is 29.7 Å². The summed E-state index contributed by atoms with van der Waals surface area (Å²) in [5, 5.41) is 0.261. The highest BCUT2D eigenvalue weighted by atomic mass is 32.2. The molecule has 1 atom stereocenters. The predicted molar refractivity (Wildman–Crippen MR) is 68.5 cm³/mol. The van der Waals surface area contributed by atoms with Gasteiger partial charge in [0.1, 0.15) is 0 Å². The topological polar surface area (TPSA) is 46.6 Å². The first-order chi connectivity index (χ1) is 8.79. The number of nitrogens with zero attached hydrogens (tertiary/aromatic N) is 1. The summed E-state index contributed by atoms with van der Waals surface area (Å²) < 4.78 is 65.8. The Bertz CT molecular complexity index is 367. The Labute approximate surface area is 115 Å². The van der Waals surface area contributed by atoms with Gasteiger partial charge in [-0.05, 0) is 12.8 Å². The number of sulfonamides is 1. The van der Waals surface area contributed by atoms with Crippen molar-refractivity contribution in [1.82, 2.24) is 4.31 Å². The molecule has 114 valence electrons. The monoisotopic (exact) mass is 321 g/mol. The Hall–Kier alpha value is 0.01000. The van der Waals surface area contributed by atoms with Crippen LogP contribution in [0.1, 0.15) is 19.8 Å². The van der Waals surface area contributed by atoms with Gasteiger partial charge in [0.15, 0.2) is 0 Å². The van der Waals surface area contributed by atoms with Crippen LogP contribution in [-0.4, -0.2) is 55.5 Å². The molecule has 19 heavy (non-hydrogen) atoms. The fraction of sp³-hybridized carbons (Fsp3) is 1.00. The van der Waals surface area contributed by atoms with Gasteiger partial charge in [-0.25, -0.2) is 8.42 Å². The minimum absolute atomic E-state index is 0.108. The van der Waals surface area contributed by atoms with Crippen molar-refractivity contribution in [1.29, 1.82) is 0 Å². The molecule has 0 aromatic heterocycles. The van der Waals surface area contributed by atoms with Gasteiger partial charge in [0.25, 0.3) is 0 Å². The molecule has 1 fully saturated rings. The van der Waals surface area contributed by atoms with Gasteiger partial charge in [0, 0.05) is 30.7 Å². The van der Waals surface area contributed by atoms with Gasteiger partial charge < -0.3 is 4.74 Å². The maximum atomic E-state index is 12.5. The van der Waals surface area contributed by atoms with Gasteiger partial charge in [-0.2, -0.15) is 29.2 Å². The molecular weight excluding hydrogens is 303 g/mol. The molecule has 0 aliphatic carbocycles. The van der Waals surface area contributed by atoms with Crippen molar-refractivity contribution < 1.29 is 26.3 Å². The zero-order valence-electron chi connectivity index (χ0n) is 10.6. The summed E-state index contributed by atoms with van der Waals surface area (Å²) in [5.74, 6) is 0.351. The lowest BCUT2D eigenvalue weighted by molar-refractivity contribution is -0.0487. The number of hydrogen-bond acceptors (Lipinski definition) is 4. The van der Waals surface area contributed by atoms with Gasteiger partial charge in [-0.1, -0.05) is 6.92 Å². The summed E-state index contributed by atoms with van der Waals surface area (Å²) in [6, 6.07) is 0. The van der Waals surface area contributed by atoms with Crippen molar-refractivity contribution in [3.63, 3.8) is 0 Å².